The van der Waals surface area contributed by atoms with Crippen molar-refractivity contribution in [1.82, 2.24) is 36.1 Å². The number of ether oxygens (including phenoxy) is 1. The molecular weight excluding hydrogens is 436 g/mol. The van der Waals surface area contributed by atoms with Gasteiger partial charge in [-0.1, -0.05) is 26.2 Å². The van der Waals surface area contributed by atoms with Crippen molar-refractivity contribution in [2.45, 2.75) is 45.4 Å². The van der Waals surface area contributed by atoms with Crippen molar-refractivity contribution in [3.05, 3.63) is 42.0 Å². The lowest BCUT2D eigenvalue weighted by atomic mass is 9.96. The van der Waals surface area contributed by atoms with Gasteiger partial charge in [-0.15, -0.1) is 14.8 Å². The van der Waals surface area contributed by atoms with E-state index in [1.165, 1.54) is 17.5 Å². The molecule has 0 saturated carbocycles. The highest BCUT2D eigenvalue weighted by Gasteiger charge is 2.26. The van der Waals surface area contributed by atoms with Gasteiger partial charge in [0.2, 0.25) is 5.91 Å². The van der Waals surface area contributed by atoms with Gasteiger partial charge in [0, 0.05) is 24.6 Å². The van der Waals surface area contributed by atoms with Gasteiger partial charge in [-0.3, -0.25) is 20.4 Å². The second-order valence-corrected chi connectivity index (χ2v) is 8.36. The molecule has 11 nitrogen and oxygen atoms in total. The van der Waals surface area contributed by atoms with Gasteiger partial charge in [0.15, 0.2) is 11.5 Å². The van der Waals surface area contributed by atoms with E-state index in [0.717, 1.165) is 24.4 Å². The molecular formula is C23H30N8O3. The van der Waals surface area contributed by atoms with Gasteiger partial charge in [0.05, 0.1) is 6.61 Å². The van der Waals surface area contributed by atoms with Gasteiger partial charge >= 0.3 is 0 Å². The first kappa shape index (κ1) is 23.4. The Labute approximate surface area is 197 Å². The number of rotatable bonds is 9. The van der Waals surface area contributed by atoms with Gasteiger partial charge in [-0.2, -0.15) is 0 Å². The predicted molar refractivity (Wildman–Crippen MR) is 125 cm³/mol. The van der Waals surface area contributed by atoms with Crippen LogP contribution in [0.4, 0.5) is 5.82 Å². The van der Waals surface area contributed by atoms with Crippen molar-refractivity contribution >= 4 is 23.3 Å². The maximum atomic E-state index is 12.6. The summed E-state index contributed by atoms with van der Waals surface area (Å²) in [6.45, 7) is 4.19. The van der Waals surface area contributed by atoms with E-state index in [4.69, 9.17) is 4.74 Å². The van der Waals surface area contributed by atoms with Gasteiger partial charge in [-0.25, -0.2) is 0 Å². The molecule has 2 aromatic heterocycles. The quantitative estimate of drug-likeness (QED) is 0.363. The van der Waals surface area contributed by atoms with Crippen LogP contribution >= 0.6 is 0 Å². The summed E-state index contributed by atoms with van der Waals surface area (Å²) in [7, 11) is 0. The summed E-state index contributed by atoms with van der Waals surface area (Å²) in [6, 6.07) is 10.6. The van der Waals surface area contributed by atoms with E-state index in [9.17, 15) is 9.59 Å². The molecule has 1 aromatic carbocycles. The Bertz CT molecular complexity index is 1090. The molecule has 0 bridgehead atoms. The Morgan fingerprint density at radius 2 is 1.82 bits per heavy atom. The first-order chi connectivity index (χ1) is 16.6. The van der Waals surface area contributed by atoms with Crippen molar-refractivity contribution in [3.8, 4) is 5.75 Å². The number of benzene rings is 1. The zero-order valence-electron chi connectivity index (χ0n) is 19.3. The lowest BCUT2D eigenvalue weighted by Gasteiger charge is -2.31. The van der Waals surface area contributed by atoms with Crippen LogP contribution in [-0.4, -0.2) is 56.8 Å². The molecule has 3 aromatic rings. The number of hydrogen-bond donors (Lipinski definition) is 2. The Kier molecular flexibility index (Phi) is 7.84. The van der Waals surface area contributed by atoms with Crippen LogP contribution in [0.25, 0.3) is 5.65 Å². The molecule has 1 saturated heterocycles. The number of piperidine rings is 1. The first-order valence-electron chi connectivity index (χ1n) is 11.8. The fourth-order valence-electron chi connectivity index (χ4n) is 3.89. The maximum Gasteiger partial charge on any atom is 0.269 e. The van der Waals surface area contributed by atoms with Crippen LogP contribution in [-0.2, 0) is 4.79 Å². The smallest absolute Gasteiger partial charge is 0.269 e. The van der Waals surface area contributed by atoms with Crippen molar-refractivity contribution in [2.24, 2.45) is 5.92 Å². The number of carbonyl (C=O) groups is 2. The highest BCUT2D eigenvalue weighted by atomic mass is 16.5. The van der Waals surface area contributed by atoms with Crippen molar-refractivity contribution < 1.29 is 14.3 Å². The monoisotopic (exact) mass is 466 g/mol. The van der Waals surface area contributed by atoms with E-state index in [-0.39, 0.29) is 17.7 Å². The maximum absolute atomic E-state index is 12.6. The third kappa shape index (κ3) is 5.97. The molecule has 1 fully saturated rings. The average Bonchev–Trinajstić information content (AvgIpc) is 3.35. The van der Waals surface area contributed by atoms with Crippen molar-refractivity contribution in [1.29, 1.82) is 0 Å². The molecule has 0 aliphatic carbocycles. The number of hydrogen-bond acceptors (Lipinski definition) is 8. The lowest BCUT2D eigenvalue weighted by molar-refractivity contribution is -0.126. The van der Waals surface area contributed by atoms with E-state index in [1.54, 1.807) is 24.3 Å². The number of aromatic nitrogens is 5. The zero-order valence-corrected chi connectivity index (χ0v) is 19.3. The Morgan fingerprint density at radius 3 is 2.59 bits per heavy atom. The summed E-state index contributed by atoms with van der Waals surface area (Å²) in [5.41, 5.74) is 6.11. The number of unbranched alkanes of at least 4 members (excludes halogenated alkanes) is 3. The van der Waals surface area contributed by atoms with E-state index >= 15 is 0 Å². The summed E-state index contributed by atoms with van der Waals surface area (Å²) < 4.78 is 7.09. The van der Waals surface area contributed by atoms with Crippen LogP contribution in [0.5, 0.6) is 5.75 Å². The second-order valence-electron chi connectivity index (χ2n) is 8.36. The van der Waals surface area contributed by atoms with Crippen LogP contribution in [0.3, 0.4) is 0 Å². The third-order valence-electron chi connectivity index (χ3n) is 5.93. The van der Waals surface area contributed by atoms with Gasteiger partial charge in [0.25, 0.3) is 5.91 Å². The standard InChI is InChI=1S/C23H30N8O3/c1-2-3-4-5-16-34-19-8-6-17(7-9-19)22(32)25-26-23(33)18-12-14-30(15-13-18)21-11-10-20-24-28-29-31(20)27-21/h6-11,18H,2-5,12-16H2,1H3,(H,25,32)(H,26,33). The summed E-state index contributed by atoms with van der Waals surface area (Å²) >= 11 is 0. The minimum atomic E-state index is -0.362. The molecule has 11 heteroatoms. The summed E-state index contributed by atoms with van der Waals surface area (Å²) in [4.78, 5) is 27.0. The molecule has 34 heavy (non-hydrogen) atoms. The second kappa shape index (κ2) is 11.4. The molecule has 0 unspecified atom stereocenters. The number of anilines is 1. The normalized spacial score (nSPS) is 14.2. The van der Waals surface area contributed by atoms with E-state index < -0.39 is 0 Å². The number of nitrogens with zero attached hydrogens (tertiary/aromatic N) is 6. The Morgan fingerprint density at radius 1 is 1.03 bits per heavy atom. The third-order valence-corrected chi connectivity index (χ3v) is 5.93. The number of tetrazole rings is 1. The molecule has 1 aliphatic heterocycles. The molecule has 2 N–H and O–H groups in total. The van der Waals surface area contributed by atoms with Crippen LogP contribution in [0.15, 0.2) is 36.4 Å². The van der Waals surface area contributed by atoms with Gasteiger partial charge in [-0.05, 0) is 66.1 Å². The van der Waals surface area contributed by atoms with E-state index in [2.05, 4.69) is 43.3 Å². The number of hydrazine groups is 1. The first-order valence-corrected chi connectivity index (χ1v) is 11.8. The fourth-order valence-corrected chi connectivity index (χ4v) is 3.89. The minimum Gasteiger partial charge on any atom is -0.494 e. The molecule has 180 valence electrons. The average molecular weight is 467 g/mol. The van der Waals surface area contributed by atoms with E-state index in [1.807, 2.05) is 12.1 Å². The molecule has 0 atom stereocenters. The summed E-state index contributed by atoms with van der Waals surface area (Å²) in [6.07, 6.45) is 5.89. The lowest BCUT2D eigenvalue weighted by Crippen LogP contribution is -2.47. The van der Waals surface area contributed by atoms with Gasteiger partial charge in [0.1, 0.15) is 5.75 Å². The fraction of sp³-hybridized carbons (Fsp3) is 0.478. The van der Waals surface area contributed by atoms with Crippen molar-refractivity contribution in [3.63, 3.8) is 0 Å². The number of nitrogens with one attached hydrogen (secondary N) is 2. The molecule has 0 radical (unpaired) electrons. The van der Waals surface area contributed by atoms with Crippen LogP contribution in [0, 0.1) is 5.92 Å². The highest BCUT2D eigenvalue weighted by molar-refractivity contribution is 5.95. The number of carbonyl (C=O) groups excluding carboxylic acids is 2. The Hall–Kier alpha value is -3.76. The zero-order chi connectivity index (χ0) is 23.8. The SMILES string of the molecule is CCCCCCOc1ccc(C(=O)NNC(=O)C2CCN(c3ccc4nnnn4n3)CC2)cc1. The van der Waals surface area contributed by atoms with E-state index in [0.29, 0.717) is 43.7 Å². The Balaban J connectivity index is 1.19. The molecule has 1 aliphatic rings. The van der Waals surface area contributed by atoms with Crippen LogP contribution in [0.2, 0.25) is 0 Å². The molecule has 2 amide bonds. The number of fused-ring (bicyclic) bond motifs is 1. The predicted octanol–water partition coefficient (Wildman–Crippen LogP) is 2.16. The van der Waals surface area contributed by atoms with Crippen LogP contribution in [0.1, 0.15) is 55.8 Å². The van der Waals surface area contributed by atoms with Crippen molar-refractivity contribution in [2.75, 3.05) is 24.6 Å². The molecule has 0 spiro atoms. The van der Waals surface area contributed by atoms with Crippen LogP contribution < -0.4 is 20.5 Å². The molecule has 4 rings (SSSR count). The summed E-state index contributed by atoms with van der Waals surface area (Å²) in [5, 5.41) is 15.7. The minimum absolute atomic E-state index is 0.184. The topological polar surface area (TPSA) is 127 Å². The molecule has 3 heterocycles. The highest BCUT2D eigenvalue weighted by Crippen LogP contribution is 2.22. The number of amides is 2. The largest absolute Gasteiger partial charge is 0.494 e. The van der Waals surface area contributed by atoms with Gasteiger partial charge < -0.3 is 9.64 Å². The summed E-state index contributed by atoms with van der Waals surface area (Å²) in [5.74, 6) is 0.762.